The summed E-state index contributed by atoms with van der Waals surface area (Å²) < 4.78 is 5.25. The third-order valence-electron chi connectivity index (χ3n) is 1.30. The van der Waals surface area contributed by atoms with Gasteiger partial charge in [0.25, 0.3) is 0 Å². The van der Waals surface area contributed by atoms with Crippen LogP contribution in [0.3, 0.4) is 0 Å². The van der Waals surface area contributed by atoms with Crippen molar-refractivity contribution in [3.63, 3.8) is 0 Å². The van der Waals surface area contributed by atoms with E-state index in [1.54, 1.807) is 0 Å². The molecule has 0 spiro atoms. The van der Waals surface area contributed by atoms with Crippen LogP contribution in [0.2, 0.25) is 0 Å². The summed E-state index contributed by atoms with van der Waals surface area (Å²) in [6, 6.07) is 0. The van der Waals surface area contributed by atoms with Crippen LogP contribution >= 0.6 is 0 Å². The van der Waals surface area contributed by atoms with E-state index in [9.17, 15) is 0 Å². The van der Waals surface area contributed by atoms with E-state index in [2.05, 4.69) is 20.8 Å². The third kappa shape index (κ3) is 6.77. The molecule has 0 bridgehead atoms. The first kappa shape index (κ1) is 13.9. The van der Waals surface area contributed by atoms with Crippen LogP contribution in [0.1, 0.15) is 26.7 Å². The number of ether oxygens (including phenoxy) is 1. The average molecular weight is 229 g/mol. The Hall–Kier alpha value is 0.384. The first-order valence-corrected chi connectivity index (χ1v) is 3.72. The molecule has 63 valence electrons. The van der Waals surface area contributed by atoms with E-state index in [0.29, 0.717) is 0 Å². The predicted octanol–water partition coefficient (Wildman–Crippen LogP) is 2.74. The van der Waals surface area contributed by atoms with E-state index in [-0.39, 0.29) is 32.7 Å². The Morgan fingerprint density at radius 1 is 1.27 bits per heavy atom. The van der Waals surface area contributed by atoms with E-state index < -0.39 is 0 Å². The summed E-state index contributed by atoms with van der Waals surface area (Å²) in [4.78, 5) is 0. The molecule has 0 aliphatic carbocycles. The van der Waals surface area contributed by atoms with Gasteiger partial charge in [0.1, 0.15) is 0 Å². The molecule has 11 heavy (non-hydrogen) atoms. The molecular weight excluding hydrogens is 213 g/mol. The van der Waals surface area contributed by atoms with Crippen LogP contribution in [-0.4, -0.2) is 6.61 Å². The molecule has 2 heteroatoms. The van der Waals surface area contributed by atoms with E-state index in [4.69, 9.17) is 4.74 Å². The van der Waals surface area contributed by atoms with Crippen molar-refractivity contribution in [1.82, 2.24) is 0 Å². The van der Waals surface area contributed by atoms with Crippen molar-refractivity contribution in [2.45, 2.75) is 26.7 Å². The van der Waals surface area contributed by atoms with Gasteiger partial charge in [-0.25, -0.2) is 0 Å². The summed E-state index contributed by atoms with van der Waals surface area (Å²) in [7, 11) is 0. The summed E-state index contributed by atoms with van der Waals surface area (Å²) in [5.41, 5.74) is 0.994. The van der Waals surface area contributed by atoms with Crippen molar-refractivity contribution in [1.29, 1.82) is 0 Å². The van der Waals surface area contributed by atoms with Crippen molar-refractivity contribution >= 4 is 0 Å². The Bertz CT molecular complexity index is 119. The molecule has 0 saturated carbocycles. The van der Waals surface area contributed by atoms with Gasteiger partial charge in [-0.2, -0.15) is 5.76 Å². The molecule has 0 atom stereocenters. The molecule has 0 aliphatic heterocycles. The van der Waals surface area contributed by atoms with Gasteiger partial charge in [0.15, 0.2) is 0 Å². The van der Waals surface area contributed by atoms with Crippen LogP contribution in [-0.2, 0) is 37.4 Å². The van der Waals surface area contributed by atoms with Crippen LogP contribution in [0.15, 0.2) is 11.3 Å². The second kappa shape index (κ2) is 8.48. The van der Waals surface area contributed by atoms with Crippen molar-refractivity contribution in [3.8, 4) is 0 Å². The molecule has 0 rings (SSSR count). The van der Waals surface area contributed by atoms with Gasteiger partial charge in [-0.1, -0.05) is 13.8 Å². The van der Waals surface area contributed by atoms with Crippen molar-refractivity contribution in [3.05, 3.63) is 25.2 Å². The second-order valence-corrected chi connectivity index (χ2v) is 2.23. The van der Waals surface area contributed by atoms with E-state index in [1.165, 1.54) is 0 Å². The molecule has 0 unspecified atom stereocenters. The van der Waals surface area contributed by atoms with Gasteiger partial charge < -0.3 is 17.2 Å². The summed E-state index contributed by atoms with van der Waals surface area (Å²) in [6.07, 6.45) is 1.94. The summed E-state index contributed by atoms with van der Waals surface area (Å²) in [5.74, 6) is 0.740. The fraction of sp³-hybridized carbons (Fsp3) is 0.556. The van der Waals surface area contributed by atoms with E-state index >= 15 is 0 Å². The molecule has 1 nitrogen and oxygen atoms in total. The quantitative estimate of drug-likeness (QED) is 0.532. The van der Waals surface area contributed by atoms with Crippen molar-refractivity contribution < 1.29 is 37.4 Å². The Kier molecular flexibility index (Phi) is 10.7. The molecule has 0 aromatic heterocycles. The van der Waals surface area contributed by atoms with Gasteiger partial charge in [0, 0.05) is 32.7 Å². The normalized spacial score (nSPS) is 11.5. The van der Waals surface area contributed by atoms with Crippen LogP contribution in [0.4, 0.5) is 0 Å². The van der Waals surface area contributed by atoms with E-state index in [0.717, 1.165) is 30.8 Å². The Morgan fingerprint density at radius 2 is 1.82 bits per heavy atom. The van der Waals surface area contributed by atoms with Crippen LogP contribution in [0.5, 0.6) is 0 Å². The maximum Gasteiger partial charge on any atom is 0.0598 e. The molecular formula is C9H16OY-2. The molecule has 0 saturated heterocycles. The zero-order valence-electron chi connectivity index (χ0n) is 7.52. The topological polar surface area (TPSA) is 9.23 Å². The van der Waals surface area contributed by atoms with Gasteiger partial charge in [-0.05, 0) is 6.42 Å². The second-order valence-electron chi connectivity index (χ2n) is 2.23. The molecule has 0 heterocycles. The fourth-order valence-electron chi connectivity index (χ4n) is 0.524. The summed E-state index contributed by atoms with van der Waals surface area (Å²) in [6.45, 7) is 12.4. The van der Waals surface area contributed by atoms with Gasteiger partial charge in [0.05, 0.1) is 6.61 Å². The van der Waals surface area contributed by atoms with Gasteiger partial charge in [-0.3, -0.25) is 6.92 Å². The SMILES string of the molecule is [CH2-]/C(CC)=C(\[CH2-])OCCC.[Y]. The first-order chi connectivity index (χ1) is 4.72. The van der Waals surface area contributed by atoms with Crippen molar-refractivity contribution in [2.24, 2.45) is 0 Å². The van der Waals surface area contributed by atoms with E-state index in [1.807, 2.05) is 6.92 Å². The molecule has 0 amide bonds. The third-order valence-corrected chi connectivity index (χ3v) is 1.30. The van der Waals surface area contributed by atoms with Gasteiger partial charge >= 0.3 is 0 Å². The predicted molar refractivity (Wildman–Crippen MR) is 44.3 cm³/mol. The van der Waals surface area contributed by atoms with Crippen LogP contribution in [0.25, 0.3) is 0 Å². The molecule has 0 N–H and O–H groups in total. The standard InChI is InChI=1S/C9H16O.Y/c1-5-7-10-9(4)8(3)6-2;/h3-7H2,1-2H3;/q-2;/b9-8-;. The minimum Gasteiger partial charge on any atom is -0.614 e. The van der Waals surface area contributed by atoms with Crippen LogP contribution in [0, 0.1) is 13.8 Å². The average Bonchev–Trinajstić information content (AvgIpc) is 1.98. The molecule has 0 fully saturated rings. The molecule has 1 radical (unpaired) electrons. The number of allylic oxidation sites excluding steroid dienone is 2. The Labute approximate surface area is 95.5 Å². The number of hydrogen-bond donors (Lipinski definition) is 0. The van der Waals surface area contributed by atoms with Crippen LogP contribution < -0.4 is 0 Å². The monoisotopic (exact) mass is 229 g/mol. The van der Waals surface area contributed by atoms with Crippen molar-refractivity contribution in [2.75, 3.05) is 6.61 Å². The maximum absolute atomic E-state index is 5.25. The Balaban J connectivity index is 0. The molecule has 0 aromatic rings. The number of rotatable bonds is 4. The molecule has 0 aromatic carbocycles. The maximum atomic E-state index is 5.25. The van der Waals surface area contributed by atoms with Gasteiger partial charge in [-0.15, -0.1) is 6.42 Å². The minimum atomic E-state index is 0. The Morgan fingerprint density at radius 3 is 2.18 bits per heavy atom. The number of hydrogen-bond acceptors (Lipinski definition) is 1. The smallest absolute Gasteiger partial charge is 0.0598 e. The first-order valence-electron chi connectivity index (χ1n) is 3.72. The molecule has 0 aliphatic rings. The zero-order valence-corrected chi connectivity index (χ0v) is 10.4. The zero-order chi connectivity index (χ0) is 7.98. The minimum absolute atomic E-state index is 0. The van der Waals surface area contributed by atoms with Gasteiger partial charge in [0.2, 0.25) is 0 Å². The fourth-order valence-corrected chi connectivity index (χ4v) is 0.524. The summed E-state index contributed by atoms with van der Waals surface area (Å²) in [5, 5.41) is 0. The summed E-state index contributed by atoms with van der Waals surface area (Å²) >= 11 is 0. The largest absolute Gasteiger partial charge is 0.614 e.